The van der Waals surface area contributed by atoms with Gasteiger partial charge in [0.25, 0.3) is 0 Å². The zero-order valence-electron chi connectivity index (χ0n) is 10.4. The SMILES string of the molecule is CC(N)CCCC(=O)N[C@@H](CCC(=O)O)C(=O)O. The molecule has 104 valence electrons. The molecule has 0 bridgehead atoms. The van der Waals surface area contributed by atoms with Crippen LogP contribution in [0.1, 0.15) is 39.0 Å². The molecule has 0 aromatic rings. The van der Waals surface area contributed by atoms with Crippen LogP contribution in [-0.2, 0) is 14.4 Å². The van der Waals surface area contributed by atoms with E-state index in [0.717, 1.165) is 0 Å². The van der Waals surface area contributed by atoms with Gasteiger partial charge in [-0.05, 0) is 26.2 Å². The lowest BCUT2D eigenvalue weighted by atomic mass is 10.1. The molecule has 0 rings (SSSR count). The fourth-order valence-corrected chi connectivity index (χ4v) is 1.38. The smallest absolute Gasteiger partial charge is 0.326 e. The average molecular weight is 260 g/mol. The second-order valence-corrected chi connectivity index (χ2v) is 4.26. The van der Waals surface area contributed by atoms with Crippen molar-refractivity contribution >= 4 is 17.8 Å². The van der Waals surface area contributed by atoms with Crippen LogP contribution >= 0.6 is 0 Å². The Balaban J connectivity index is 4.04. The molecule has 7 nitrogen and oxygen atoms in total. The number of carboxylic acid groups (broad SMARTS) is 2. The van der Waals surface area contributed by atoms with E-state index in [1.807, 2.05) is 6.92 Å². The molecule has 0 saturated carbocycles. The van der Waals surface area contributed by atoms with Crippen LogP contribution in [0.25, 0.3) is 0 Å². The van der Waals surface area contributed by atoms with E-state index in [1.54, 1.807) is 0 Å². The van der Waals surface area contributed by atoms with Crippen molar-refractivity contribution in [2.75, 3.05) is 0 Å². The molecule has 0 aliphatic rings. The molecule has 0 spiro atoms. The Hall–Kier alpha value is -1.63. The third kappa shape index (κ3) is 8.51. The standard InChI is InChI=1S/C11H20N2O5/c1-7(12)3-2-4-9(14)13-8(11(17)18)5-6-10(15)16/h7-8H,2-6,12H2,1H3,(H,13,14)(H,15,16)(H,17,18)/t7?,8-/m0/s1. The van der Waals surface area contributed by atoms with E-state index in [-0.39, 0.29) is 25.3 Å². The van der Waals surface area contributed by atoms with E-state index in [2.05, 4.69) is 5.32 Å². The van der Waals surface area contributed by atoms with E-state index in [9.17, 15) is 14.4 Å². The van der Waals surface area contributed by atoms with Gasteiger partial charge in [0.1, 0.15) is 6.04 Å². The van der Waals surface area contributed by atoms with Crippen molar-refractivity contribution in [2.24, 2.45) is 5.73 Å². The summed E-state index contributed by atoms with van der Waals surface area (Å²) >= 11 is 0. The van der Waals surface area contributed by atoms with E-state index in [1.165, 1.54) is 0 Å². The number of hydrogen-bond acceptors (Lipinski definition) is 4. The number of nitrogens with one attached hydrogen (secondary N) is 1. The molecule has 18 heavy (non-hydrogen) atoms. The fraction of sp³-hybridized carbons (Fsp3) is 0.727. The maximum absolute atomic E-state index is 11.4. The molecule has 0 radical (unpaired) electrons. The van der Waals surface area contributed by atoms with Crippen LogP contribution in [0.3, 0.4) is 0 Å². The molecule has 0 aliphatic carbocycles. The van der Waals surface area contributed by atoms with Crippen LogP contribution in [0.2, 0.25) is 0 Å². The molecule has 0 fully saturated rings. The van der Waals surface area contributed by atoms with Gasteiger partial charge in [0, 0.05) is 18.9 Å². The van der Waals surface area contributed by atoms with E-state index < -0.39 is 23.9 Å². The third-order valence-corrected chi connectivity index (χ3v) is 2.34. The maximum atomic E-state index is 11.4. The lowest BCUT2D eigenvalue weighted by Crippen LogP contribution is -2.41. The highest BCUT2D eigenvalue weighted by Gasteiger charge is 2.20. The Kier molecular flexibility index (Phi) is 7.69. The predicted molar refractivity (Wildman–Crippen MR) is 63.9 cm³/mol. The topological polar surface area (TPSA) is 130 Å². The normalized spacial score (nSPS) is 13.7. The highest BCUT2D eigenvalue weighted by atomic mass is 16.4. The number of nitrogens with two attached hydrogens (primary N) is 1. The Morgan fingerprint density at radius 2 is 1.78 bits per heavy atom. The third-order valence-electron chi connectivity index (χ3n) is 2.34. The Bertz CT molecular complexity index is 304. The monoisotopic (exact) mass is 260 g/mol. The van der Waals surface area contributed by atoms with Crippen LogP contribution in [0, 0.1) is 0 Å². The summed E-state index contributed by atoms with van der Waals surface area (Å²) < 4.78 is 0. The summed E-state index contributed by atoms with van der Waals surface area (Å²) in [5.41, 5.74) is 5.52. The van der Waals surface area contributed by atoms with Gasteiger partial charge in [0.2, 0.25) is 5.91 Å². The number of carbonyl (C=O) groups excluding carboxylic acids is 1. The van der Waals surface area contributed by atoms with Gasteiger partial charge < -0.3 is 21.3 Å². The molecule has 0 aromatic heterocycles. The van der Waals surface area contributed by atoms with Gasteiger partial charge in [0.15, 0.2) is 0 Å². The zero-order valence-corrected chi connectivity index (χ0v) is 10.4. The van der Waals surface area contributed by atoms with Crippen LogP contribution in [0.15, 0.2) is 0 Å². The van der Waals surface area contributed by atoms with Crippen molar-refractivity contribution < 1.29 is 24.6 Å². The molecule has 0 aliphatic heterocycles. The van der Waals surface area contributed by atoms with Gasteiger partial charge in [-0.15, -0.1) is 0 Å². The quantitative estimate of drug-likeness (QED) is 0.459. The first-order valence-electron chi connectivity index (χ1n) is 5.82. The highest BCUT2D eigenvalue weighted by Crippen LogP contribution is 2.02. The van der Waals surface area contributed by atoms with Crippen molar-refractivity contribution in [2.45, 2.75) is 51.1 Å². The predicted octanol–water partition coefficient (Wildman–Crippen LogP) is -0.0619. The summed E-state index contributed by atoms with van der Waals surface area (Å²) in [4.78, 5) is 32.6. The molecule has 1 amide bonds. The van der Waals surface area contributed by atoms with E-state index in [0.29, 0.717) is 12.8 Å². The molecule has 7 heteroatoms. The summed E-state index contributed by atoms with van der Waals surface area (Å²) in [7, 11) is 0. The number of aliphatic carboxylic acids is 2. The lowest BCUT2D eigenvalue weighted by Gasteiger charge is -2.13. The Labute approximate surface area is 105 Å². The minimum Gasteiger partial charge on any atom is -0.481 e. The van der Waals surface area contributed by atoms with Gasteiger partial charge in [-0.25, -0.2) is 4.79 Å². The summed E-state index contributed by atoms with van der Waals surface area (Å²) in [6, 6.07) is -1.15. The van der Waals surface area contributed by atoms with Crippen molar-refractivity contribution in [3.8, 4) is 0 Å². The number of carboxylic acids is 2. The van der Waals surface area contributed by atoms with Crippen molar-refractivity contribution in [1.82, 2.24) is 5.32 Å². The van der Waals surface area contributed by atoms with E-state index in [4.69, 9.17) is 15.9 Å². The minimum atomic E-state index is -1.23. The Morgan fingerprint density at radius 3 is 2.22 bits per heavy atom. The second kappa shape index (κ2) is 8.46. The summed E-state index contributed by atoms with van der Waals surface area (Å²) in [6.07, 6.45) is 1.04. The average Bonchev–Trinajstić information content (AvgIpc) is 2.22. The van der Waals surface area contributed by atoms with Gasteiger partial charge in [-0.3, -0.25) is 9.59 Å². The Morgan fingerprint density at radius 1 is 1.17 bits per heavy atom. The molecule has 0 saturated heterocycles. The summed E-state index contributed by atoms with van der Waals surface area (Å²) in [5.74, 6) is -2.71. The molecular weight excluding hydrogens is 240 g/mol. The van der Waals surface area contributed by atoms with Gasteiger partial charge in [-0.1, -0.05) is 0 Å². The number of rotatable bonds is 9. The first-order chi connectivity index (χ1) is 8.32. The molecule has 1 unspecified atom stereocenters. The fourth-order valence-electron chi connectivity index (χ4n) is 1.38. The molecule has 0 heterocycles. The molecule has 2 atom stereocenters. The minimum absolute atomic E-state index is 0.0000751. The van der Waals surface area contributed by atoms with Crippen molar-refractivity contribution in [1.29, 1.82) is 0 Å². The van der Waals surface area contributed by atoms with Crippen LogP contribution < -0.4 is 11.1 Å². The number of carbonyl (C=O) groups is 3. The van der Waals surface area contributed by atoms with Crippen molar-refractivity contribution in [3.63, 3.8) is 0 Å². The molecule has 5 N–H and O–H groups in total. The molecular formula is C11H20N2O5. The lowest BCUT2D eigenvalue weighted by molar-refractivity contribution is -0.143. The first-order valence-corrected chi connectivity index (χ1v) is 5.82. The maximum Gasteiger partial charge on any atom is 0.326 e. The zero-order chi connectivity index (χ0) is 14.1. The first kappa shape index (κ1) is 16.4. The van der Waals surface area contributed by atoms with Crippen LogP contribution in [0.5, 0.6) is 0 Å². The van der Waals surface area contributed by atoms with Gasteiger partial charge >= 0.3 is 11.9 Å². The van der Waals surface area contributed by atoms with Crippen LogP contribution in [0.4, 0.5) is 0 Å². The van der Waals surface area contributed by atoms with Crippen molar-refractivity contribution in [3.05, 3.63) is 0 Å². The highest BCUT2D eigenvalue weighted by molar-refractivity contribution is 5.83. The second-order valence-electron chi connectivity index (χ2n) is 4.26. The number of amides is 1. The number of hydrogen-bond donors (Lipinski definition) is 4. The van der Waals surface area contributed by atoms with E-state index >= 15 is 0 Å². The van der Waals surface area contributed by atoms with Gasteiger partial charge in [-0.2, -0.15) is 0 Å². The largest absolute Gasteiger partial charge is 0.481 e. The summed E-state index contributed by atoms with van der Waals surface area (Å²) in [6.45, 7) is 1.82. The summed E-state index contributed by atoms with van der Waals surface area (Å²) in [5, 5.41) is 19.6. The molecule has 0 aromatic carbocycles. The van der Waals surface area contributed by atoms with Crippen LogP contribution in [-0.4, -0.2) is 40.1 Å². The van der Waals surface area contributed by atoms with Gasteiger partial charge in [0.05, 0.1) is 0 Å².